The van der Waals surface area contributed by atoms with Crippen molar-refractivity contribution in [1.82, 2.24) is 0 Å². The lowest BCUT2D eigenvalue weighted by atomic mass is 9.83. The molecule has 0 aromatic heterocycles. The quantitative estimate of drug-likeness (QED) is 0.405. The summed E-state index contributed by atoms with van der Waals surface area (Å²) in [7, 11) is -3.62. The molecule has 2 bridgehead atoms. The highest BCUT2D eigenvalue weighted by molar-refractivity contribution is 7.87. The second-order valence-corrected chi connectivity index (χ2v) is 6.99. The van der Waals surface area contributed by atoms with Crippen molar-refractivity contribution in [3.8, 4) is 0 Å². The molecule has 0 aromatic rings. The van der Waals surface area contributed by atoms with E-state index in [4.69, 9.17) is 13.7 Å². The number of esters is 1. The average Bonchev–Trinajstić information content (AvgIpc) is 2.80. The minimum atomic E-state index is -3.62. The van der Waals surface area contributed by atoms with Crippen LogP contribution in [0.1, 0.15) is 20.3 Å². The van der Waals surface area contributed by atoms with E-state index >= 15 is 0 Å². The van der Waals surface area contributed by atoms with Gasteiger partial charge in [0, 0.05) is 5.57 Å². The van der Waals surface area contributed by atoms with Crippen LogP contribution in [0.5, 0.6) is 0 Å². The van der Waals surface area contributed by atoms with E-state index in [1.165, 1.54) is 6.92 Å². The van der Waals surface area contributed by atoms with Gasteiger partial charge in [-0.25, -0.2) is 4.79 Å². The number of fused-ring (bicyclic) bond motifs is 1. The van der Waals surface area contributed by atoms with Gasteiger partial charge in [-0.1, -0.05) is 6.58 Å². The molecule has 0 radical (unpaired) electrons. The van der Waals surface area contributed by atoms with Gasteiger partial charge in [-0.3, -0.25) is 4.18 Å². The molecule has 3 aliphatic heterocycles. The first kappa shape index (κ1) is 12.1. The molecule has 5 unspecified atom stereocenters. The Morgan fingerprint density at radius 1 is 1.50 bits per heavy atom. The van der Waals surface area contributed by atoms with Crippen LogP contribution < -0.4 is 0 Å². The highest BCUT2D eigenvalue weighted by atomic mass is 32.2. The Morgan fingerprint density at radius 2 is 2.17 bits per heavy atom. The Morgan fingerprint density at radius 3 is 2.78 bits per heavy atom. The van der Waals surface area contributed by atoms with Gasteiger partial charge in [0.05, 0.1) is 6.10 Å². The molecule has 3 aliphatic rings. The first-order chi connectivity index (χ1) is 8.25. The Labute approximate surface area is 105 Å². The van der Waals surface area contributed by atoms with E-state index in [0.29, 0.717) is 6.42 Å². The summed E-state index contributed by atoms with van der Waals surface area (Å²) in [5, 5.41) is -0.632. The van der Waals surface area contributed by atoms with Gasteiger partial charge in [-0.15, -0.1) is 0 Å². The Kier molecular flexibility index (Phi) is 2.25. The topological polar surface area (TPSA) is 78.9 Å². The minimum absolute atomic E-state index is 0.263. The second kappa shape index (κ2) is 3.34. The van der Waals surface area contributed by atoms with Crippen LogP contribution >= 0.6 is 0 Å². The predicted molar refractivity (Wildman–Crippen MR) is 60.2 cm³/mol. The van der Waals surface area contributed by atoms with Gasteiger partial charge in [-0.05, 0) is 20.3 Å². The van der Waals surface area contributed by atoms with Crippen LogP contribution in [0.4, 0.5) is 0 Å². The molecule has 0 spiro atoms. The number of hydrogen-bond acceptors (Lipinski definition) is 6. The molecule has 0 N–H and O–H groups in total. The molecule has 0 amide bonds. The molecule has 0 aliphatic carbocycles. The normalized spacial score (nSPS) is 47.2. The first-order valence-corrected chi connectivity index (χ1v) is 7.19. The van der Waals surface area contributed by atoms with Crippen LogP contribution in [0, 0.1) is 0 Å². The third kappa shape index (κ3) is 1.35. The molecule has 18 heavy (non-hydrogen) atoms. The summed E-state index contributed by atoms with van der Waals surface area (Å²) < 4.78 is 39.6. The standard InChI is InChI=1S/C11H14O6S/c1-5(2)10(12)16-8-6-4-7-9(15-6)11(8,3)17-18(7,13)14/h6-9H,1,4H2,2-3H3. The van der Waals surface area contributed by atoms with E-state index in [2.05, 4.69) is 6.58 Å². The lowest BCUT2D eigenvalue weighted by molar-refractivity contribution is -0.154. The lowest BCUT2D eigenvalue weighted by Crippen LogP contribution is -2.51. The zero-order chi connectivity index (χ0) is 13.3. The smallest absolute Gasteiger partial charge is 0.333 e. The summed E-state index contributed by atoms with van der Waals surface area (Å²) >= 11 is 0. The van der Waals surface area contributed by atoms with Crippen molar-refractivity contribution >= 4 is 16.1 Å². The Bertz CT molecular complexity index is 538. The fourth-order valence-corrected chi connectivity index (χ4v) is 4.88. The lowest BCUT2D eigenvalue weighted by Gasteiger charge is -2.30. The van der Waals surface area contributed by atoms with E-state index in [9.17, 15) is 13.2 Å². The van der Waals surface area contributed by atoms with Gasteiger partial charge >= 0.3 is 5.97 Å². The summed E-state index contributed by atoms with van der Waals surface area (Å²) in [4.78, 5) is 11.6. The zero-order valence-electron chi connectivity index (χ0n) is 10.1. The van der Waals surface area contributed by atoms with E-state index in [1.54, 1.807) is 6.92 Å². The number of rotatable bonds is 2. The number of carbonyl (C=O) groups is 1. The third-order valence-corrected chi connectivity index (χ3v) is 5.61. The summed E-state index contributed by atoms with van der Waals surface area (Å²) in [5.74, 6) is -0.554. The fourth-order valence-electron chi connectivity index (χ4n) is 3.00. The van der Waals surface area contributed by atoms with Gasteiger partial charge in [-0.2, -0.15) is 8.42 Å². The van der Waals surface area contributed by atoms with E-state index < -0.39 is 45.3 Å². The molecule has 0 saturated carbocycles. The van der Waals surface area contributed by atoms with Gasteiger partial charge < -0.3 is 9.47 Å². The predicted octanol–water partition coefficient (Wildman–Crippen LogP) is 0.133. The van der Waals surface area contributed by atoms with Gasteiger partial charge in [0.1, 0.15) is 11.4 Å². The largest absolute Gasteiger partial charge is 0.453 e. The minimum Gasteiger partial charge on any atom is -0.453 e. The van der Waals surface area contributed by atoms with Crippen molar-refractivity contribution in [1.29, 1.82) is 0 Å². The molecular formula is C11H14O6S. The van der Waals surface area contributed by atoms with Crippen molar-refractivity contribution in [3.63, 3.8) is 0 Å². The zero-order valence-corrected chi connectivity index (χ0v) is 10.9. The molecule has 7 heteroatoms. The molecule has 3 rings (SSSR count). The molecule has 3 saturated heterocycles. The van der Waals surface area contributed by atoms with Gasteiger partial charge in [0.2, 0.25) is 0 Å². The maximum absolute atomic E-state index is 11.8. The third-order valence-electron chi connectivity index (χ3n) is 3.84. The van der Waals surface area contributed by atoms with Gasteiger partial charge in [0.25, 0.3) is 10.1 Å². The number of ether oxygens (including phenoxy) is 2. The maximum Gasteiger partial charge on any atom is 0.333 e. The van der Waals surface area contributed by atoms with Crippen LogP contribution in [-0.2, 0) is 28.6 Å². The van der Waals surface area contributed by atoms with Crippen LogP contribution in [0.3, 0.4) is 0 Å². The molecule has 100 valence electrons. The molecular weight excluding hydrogens is 260 g/mol. The summed E-state index contributed by atoms with van der Waals surface area (Å²) in [5.41, 5.74) is -0.837. The number of carbonyl (C=O) groups excluding carboxylic acids is 1. The maximum atomic E-state index is 11.8. The average molecular weight is 274 g/mol. The monoisotopic (exact) mass is 274 g/mol. The first-order valence-electron chi connectivity index (χ1n) is 5.72. The van der Waals surface area contributed by atoms with E-state index in [0.717, 1.165) is 0 Å². The van der Waals surface area contributed by atoms with Crippen molar-refractivity contribution in [3.05, 3.63) is 12.2 Å². The molecule has 6 nitrogen and oxygen atoms in total. The molecule has 0 aromatic carbocycles. The second-order valence-electron chi connectivity index (χ2n) is 5.24. The summed E-state index contributed by atoms with van der Waals surface area (Å²) in [6, 6.07) is 0. The van der Waals surface area contributed by atoms with Crippen molar-refractivity contribution in [2.24, 2.45) is 0 Å². The van der Waals surface area contributed by atoms with Crippen LogP contribution in [0.25, 0.3) is 0 Å². The molecule has 5 atom stereocenters. The SMILES string of the molecule is C=C(C)C(=O)OC1C2CC3C(O2)C1(C)OS3(=O)=O. The van der Waals surface area contributed by atoms with E-state index in [-0.39, 0.29) is 5.57 Å². The highest BCUT2D eigenvalue weighted by Gasteiger charge is 2.73. The Balaban J connectivity index is 1.92. The van der Waals surface area contributed by atoms with Gasteiger partial charge in [0.15, 0.2) is 11.7 Å². The summed E-state index contributed by atoms with van der Waals surface area (Å²) in [6.07, 6.45) is -1.34. The van der Waals surface area contributed by atoms with Crippen LogP contribution in [-0.4, -0.2) is 43.5 Å². The Hall–Kier alpha value is -0.920. The van der Waals surface area contributed by atoms with Crippen molar-refractivity contribution in [2.45, 2.75) is 49.4 Å². The molecule has 3 heterocycles. The van der Waals surface area contributed by atoms with E-state index in [1.807, 2.05) is 0 Å². The van der Waals surface area contributed by atoms with Crippen molar-refractivity contribution < 1.29 is 26.9 Å². The molecule has 3 fully saturated rings. The fraction of sp³-hybridized carbons (Fsp3) is 0.727. The van der Waals surface area contributed by atoms with Crippen molar-refractivity contribution in [2.75, 3.05) is 0 Å². The van der Waals surface area contributed by atoms with Crippen LogP contribution in [0.15, 0.2) is 12.2 Å². The summed E-state index contributed by atoms with van der Waals surface area (Å²) in [6.45, 7) is 6.65. The number of hydrogen-bond donors (Lipinski definition) is 0. The highest BCUT2D eigenvalue weighted by Crippen LogP contribution is 2.54. The van der Waals surface area contributed by atoms with Crippen LogP contribution in [0.2, 0.25) is 0 Å².